The van der Waals surface area contributed by atoms with Crippen LogP contribution in [0.2, 0.25) is 0 Å². The molecule has 0 aliphatic heterocycles. The number of nitrogens with zero attached hydrogens (tertiary/aromatic N) is 1. The lowest BCUT2D eigenvalue weighted by Gasteiger charge is -2.19. The van der Waals surface area contributed by atoms with Crippen LogP contribution >= 0.6 is 0 Å². The van der Waals surface area contributed by atoms with Crippen LogP contribution in [0.15, 0.2) is 18.2 Å². The van der Waals surface area contributed by atoms with E-state index in [0.717, 1.165) is 5.56 Å². The Kier molecular flexibility index (Phi) is 3.27. The summed E-state index contributed by atoms with van der Waals surface area (Å²) < 4.78 is 0. The second-order valence-electron chi connectivity index (χ2n) is 4.50. The van der Waals surface area contributed by atoms with Crippen LogP contribution in [0.4, 0.5) is 11.4 Å². The van der Waals surface area contributed by atoms with Crippen LogP contribution in [0.25, 0.3) is 0 Å². The van der Waals surface area contributed by atoms with Gasteiger partial charge in [0.15, 0.2) is 0 Å². The Balaban J connectivity index is 3.28. The van der Waals surface area contributed by atoms with E-state index >= 15 is 0 Å². The van der Waals surface area contributed by atoms with Crippen molar-refractivity contribution in [3.05, 3.63) is 33.9 Å². The van der Waals surface area contributed by atoms with Crippen LogP contribution in [0.5, 0.6) is 0 Å². The van der Waals surface area contributed by atoms with Gasteiger partial charge in [0, 0.05) is 6.07 Å². The molecule has 0 spiro atoms. The largest absolute Gasteiger partial charge is 0.323 e. The van der Waals surface area contributed by atoms with E-state index in [1.54, 1.807) is 12.1 Å². The molecule has 5 nitrogen and oxygen atoms in total. The van der Waals surface area contributed by atoms with E-state index in [9.17, 15) is 14.9 Å². The van der Waals surface area contributed by atoms with E-state index in [-0.39, 0.29) is 16.8 Å². The number of carbonyl (C=O) groups excluding carboxylic acids is 1. The highest BCUT2D eigenvalue weighted by Crippen LogP contribution is 2.30. The first kappa shape index (κ1) is 12.2. The normalized spacial score (nSPS) is 10.9. The zero-order valence-corrected chi connectivity index (χ0v) is 9.48. The molecule has 86 valence electrons. The third-order valence-electron chi connectivity index (χ3n) is 2.27. The van der Waals surface area contributed by atoms with E-state index < -0.39 is 4.92 Å². The average Bonchev–Trinajstić information content (AvgIpc) is 2.16. The fourth-order valence-electron chi connectivity index (χ4n) is 1.33. The Labute approximate surface area is 93.6 Å². The molecule has 0 saturated carbocycles. The van der Waals surface area contributed by atoms with E-state index in [1.165, 1.54) is 6.07 Å². The maximum atomic E-state index is 10.8. The molecule has 1 aromatic carbocycles. The molecule has 0 aliphatic rings. The molecule has 1 rings (SSSR count). The molecule has 1 amide bonds. The summed E-state index contributed by atoms with van der Waals surface area (Å²) >= 11 is 0. The van der Waals surface area contributed by atoms with Gasteiger partial charge in [-0.05, 0) is 17.0 Å². The topological polar surface area (TPSA) is 72.2 Å². The molecule has 0 unspecified atom stereocenters. The summed E-state index contributed by atoms with van der Waals surface area (Å²) in [4.78, 5) is 20.6. The van der Waals surface area contributed by atoms with Crippen molar-refractivity contribution in [2.24, 2.45) is 0 Å². The maximum Gasteiger partial charge on any atom is 0.293 e. The van der Waals surface area contributed by atoms with Gasteiger partial charge in [-0.2, -0.15) is 0 Å². The molecule has 0 heterocycles. The highest BCUT2D eigenvalue weighted by Gasteiger charge is 2.20. The van der Waals surface area contributed by atoms with E-state index in [4.69, 9.17) is 0 Å². The lowest BCUT2D eigenvalue weighted by atomic mass is 9.86. The summed E-state index contributed by atoms with van der Waals surface area (Å²) in [5.74, 6) is 0. The Morgan fingerprint density at radius 3 is 2.44 bits per heavy atom. The van der Waals surface area contributed by atoms with E-state index in [2.05, 4.69) is 5.32 Å². The first-order valence-corrected chi connectivity index (χ1v) is 4.85. The van der Waals surface area contributed by atoms with Crippen LogP contribution in [-0.2, 0) is 10.2 Å². The molecule has 0 fully saturated rings. The molecular weight excluding hydrogens is 208 g/mol. The number of nitro groups is 1. The molecule has 16 heavy (non-hydrogen) atoms. The second kappa shape index (κ2) is 4.30. The van der Waals surface area contributed by atoms with Crippen LogP contribution in [0, 0.1) is 10.1 Å². The number of amides is 1. The number of nitrogens with one attached hydrogen (secondary N) is 1. The number of carbonyl (C=O) groups is 1. The van der Waals surface area contributed by atoms with Gasteiger partial charge in [0.1, 0.15) is 5.69 Å². The molecule has 0 atom stereocenters. The zero-order chi connectivity index (χ0) is 12.3. The van der Waals surface area contributed by atoms with Gasteiger partial charge in [-0.1, -0.05) is 26.8 Å². The summed E-state index contributed by atoms with van der Waals surface area (Å²) in [5.41, 5.74) is 0.827. The zero-order valence-electron chi connectivity index (χ0n) is 9.48. The first-order chi connectivity index (χ1) is 7.36. The Hall–Kier alpha value is -1.91. The molecule has 1 N–H and O–H groups in total. The predicted octanol–water partition coefficient (Wildman–Crippen LogP) is 2.46. The summed E-state index contributed by atoms with van der Waals surface area (Å²) in [6.07, 6.45) is 0.430. The van der Waals surface area contributed by atoms with Gasteiger partial charge in [-0.15, -0.1) is 0 Å². The second-order valence-corrected chi connectivity index (χ2v) is 4.50. The summed E-state index contributed by atoms with van der Waals surface area (Å²) in [5, 5.41) is 13.1. The minimum absolute atomic E-state index is 0.0838. The number of anilines is 1. The van der Waals surface area contributed by atoms with Gasteiger partial charge in [-0.3, -0.25) is 14.9 Å². The lowest BCUT2D eigenvalue weighted by Crippen LogP contribution is -2.12. The summed E-state index contributed by atoms with van der Waals surface area (Å²) in [7, 11) is 0. The molecule has 1 aromatic rings. The van der Waals surface area contributed by atoms with Crippen molar-refractivity contribution < 1.29 is 9.72 Å². The highest BCUT2D eigenvalue weighted by molar-refractivity contribution is 5.77. The van der Waals surface area contributed by atoms with Crippen LogP contribution < -0.4 is 5.32 Å². The van der Waals surface area contributed by atoms with Crippen molar-refractivity contribution in [1.29, 1.82) is 0 Å². The SMILES string of the molecule is CC(C)(C)c1ccc(NC=O)c([N+](=O)[O-])c1. The number of hydrogen-bond donors (Lipinski definition) is 1. The van der Waals surface area contributed by atoms with Gasteiger partial charge in [0.05, 0.1) is 4.92 Å². The molecular formula is C11H14N2O3. The standard InChI is InChI=1S/C11H14N2O3/c1-11(2,3)8-4-5-9(12-7-14)10(6-8)13(15)16/h4-7H,1-3H3,(H,12,14). The van der Waals surface area contributed by atoms with Crippen LogP contribution in [-0.4, -0.2) is 11.3 Å². The van der Waals surface area contributed by atoms with Crippen LogP contribution in [0.1, 0.15) is 26.3 Å². The molecule has 0 saturated heterocycles. The van der Waals surface area contributed by atoms with Crippen molar-refractivity contribution >= 4 is 17.8 Å². The number of hydrogen-bond acceptors (Lipinski definition) is 3. The third kappa shape index (κ3) is 2.56. The van der Waals surface area contributed by atoms with Crippen molar-refractivity contribution in [3.63, 3.8) is 0 Å². The van der Waals surface area contributed by atoms with Gasteiger partial charge >= 0.3 is 0 Å². The molecule has 0 aromatic heterocycles. The van der Waals surface area contributed by atoms with E-state index in [1.807, 2.05) is 20.8 Å². The van der Waals surface area contributed by atoms with Gasteiger partial charge in [0.2, 0.25) is 6.41 Å². The Morgan fingerprint density at radius 1 is 1.38 bits per heavy atom. The van der Waals surface area contributed by atoms with E-state index in [0.29, 0.717) is 6.41 Å². The minimum atomic E-state index is -0.499. The molecule has 5 heteroatoms. The van der Waals surface area contributed by atoms with Crippen molar-refractivity contribution in [2.75, 3.05) is 5.32 Å². The Bertz CT molecular complexity index is 422. The van der Waals surface area contributed by atoms with Crippen LogP contribution in [0.3, 0.4) is 0 Å². The fraction of sp³-hybridized carbons (Fsp3) is 0.364. The number of benzene rings is 1. The number of nitro benzene ring substituents is 1. The number of rotatable bonds is 3. The van der Waals surface area contributed by atoms with Gasteiger partial charge < -0.3 is 5.32 Å². The quantitative estimate of drug-likeness (QED) is 0.485. The third-order valence-corrected chi connectivity index (χ3v) is 2.27. The fourth-order valence-corrected chi connectivity index (χ4v) is 1.33. The Morgan fingerprint density at radius 2 is 2.00 bits per heavy atom. The smallest absolute Gasteiger partial charge is 0.293 e. The monoisotopic (exact) mass is 222 g/mol. The molecule has 0 bridgehead atoms. The van der Waals surface area contributed by atoms with Crippen molar-refractivity contribution in [1.82, 2.24) is 0 Å². The van der Waals surface area contributed by atoms with Crippen molar-refractivity contribution in [3.8, 4) is 0 Å². The maximum absolute atomic E-state index is 10.8. The van der Waals surface area contributed by atoms with Gasteiger partial charge in [-0.25, -0.2) is 0 Å². The van der Waals surface area contributed by atoms with Crippen molar-refractivity contribution in [2.45, 2.75) is 26.2 Å². The first-order valence-electron chi connectivity index (χ1n) is 4.85. The predicted molar refractivity (Wildman–Crippen MR) is 61.5 cm³/mol. The molecule has 0 radical (unpaired) electrons. The summed E-state index contributed by atoms with van der Waals surface area (Å²) in [6.45, 7) is 5.91. The average molecular weight is 222 g/mol. The van der Waals surface area contributed by atoms with Gasteiger partial charge in [0.25, 0.3) is 5.69 Å². The summed E-state index contributed by atoms with van der Waals surface area (Å²) in [6, 6.07) is 4.82. The highest BCUT2D eigenvalue weighted by atomic mass is 16.6. The minimum Gasteiger partial charge on any atom is -0.323 e. The lowest BCUT2D eigenvalue weighted by molar-refractivity contribution is -0.384. The molecule has 0 aliphatic carbocycles.